The SMILES string of the molecule is Cc1cc(C)n(Cc2c(C(=O)N3CCN(C(C)C)CCCN(S(C)(=O)=O)c4cc(Cl)ccc4C3)noc2C)n1. The summed E-state index contributed by atoms with van der Waals surface area (Å²) < 4.78 is 34.5. The second-order valence-corrected chi connectivity index (χ2v) is 12.8. The largest absolute Gasteiger partial charge is 0.361 e. The van der Waals surface area contributed by atoms with Crippen LogP contribution in [0.25, 0.3) is 0 Å². The molecule has 1 amide bonds. The van der Waals surface area contributed by atoms with Gasteiger partial charge in [-0.1, -0.05) is 22.8 Å². The van der Waals surface area contributed by atoms with Crippen LogP contribution in [0.5, 0.6) is 0 Å². The number of carbonyl (C=O) groups excluding carboxylic acids is 1. The molecule has 1 aromatic carbocycles. The average molecular weight is 577 g/mol. The number of rotatable bonds is 5. The van der Waals surface area contributed by atoms with Gasteiger partial charge < -0.3 is 9.42 Å². The molecule has 0 radical (unpaired) electrons. The number of amides is 1. The van der Waals surface area contributed by atoms with E-state index in [1.807, 2.05) is 24.6 Å². The molecule has 3 heterocycles. The van der Waals surface area contributed by atoms with Crippen LogP contribution in [0.15, 0.2) is 28.8 Å². The van der Waals surface area contributed by atoms with Crippen molar-refractivity contribution in [1.82, 2.24) is 24.7 Å². The second kappa shape index (κ2) is 11.7. The number of hydrogen-bond acceptors (Lipinski definition) is 7. The minimum atomic E-state index is -3.59. The monoisotopic (exact) mass is 576 g/mol. The Labute approximate surface area is 235 Å². The van der Waals surface area contributed by atoms with Crippen LogP contribution in [-0.2, 0) is 23.1 Å². The van der Waals surface area contributed by atoms with E-state index < -0.39 is 10.0 Å². The second-order valence-electron chi connectivity index (χ2n) is 10.5. The van der Waals surface area contributed by atoms with E-state index in [1.54, 1.807) is 30.0 Å². The van der Waals surface area contributed by atoms with Crippen molar-refractivity contribution in [2.45, 2.75) is 60.2 Å². The first kappa shape index (κ1) is 29.1. The Morgan fingerprint density at radius 3 is 2.49 bits per heavy atom. The fraction of sp³-hybridized carbons (Fsp3) is 0.519. The number of sulfonamides is 1. The molecule has 3 aromatic rings. The van der Waals surface area contributed by atoms with Crippen molar-refractivity contribution in [3.8, 4) is 0 Å². The van der Waals surface area contributed by atoms with Gasteiger partial charge in [-0.15, -0.1) is 0 Å². The zero-order valence-corrected chi connectivity index (χ0v) is 25.0. The maximum atomic E-state index is 14.1. The summed E-state index contributed by atoms with van der Waals surface area (Å²) in [5.74, 6) is 0.279. The van der Waals surface area contributed by atoms with Crippen molar-refractivity contribution in [3.05, 3.63) is 63.3 Å². The van der Waals surface area contributed by atoms with Crippen LogP contribution in [0.4, 0.5) is 5.69 Å². The highest BCUT2D eigenvalue weighted by Gasteiger charge is 2.29. The molecule has 0 fully saturated rings. The van der Waals surface area contributed by atoms with Crippen LogP contribution in [0.2, 0.25) is 5.02 Å². The summed E-state index contributed by atoms with van der Waals surface area (Å²) in [5, 5.41) is 9.14. The highest BCUT2D eigenvalue weighted by atomic mass is 35.5. The number of fused-ring (bicyclic) bond motifs is 1. The fourth-order valence-electron chi connectivity index (χ4n) is 5.00. The van der Waals surface area contributed by atoms with Gasteiger partial charge in [0.05, 0.1) is 24.2 Å². The topological polar surface area (TPSA) is 105 Å². The third kappa shape index (κ3) is 6.64. The van der Waals surface area contributed by atoms with Crippen molar-refractivity contribution >= 4 is 33.2 Å². The molecule has 39 heavy (non-hydrogen) atoms. The smallest absolute Gasteiger partial charge is 0.276 e. The Morgan fingerprint density at radius 2 is 1.85 bits per heavy atom. The molecular formula is C27H37ClN6O4S. The van der Waals surface area contributed by atoms with E-state index in [1.165, 1.54) is 10.6 Å². The maximum Gasteiger partial charge on any atom is 0.276 e. The lowest BCUT2D eigenvalue weighted by molar-refractivity contribution is 0.0700. The summed E-state index contributed by atoms with van der Waals surface area (Å²) in [5.41, 5.74) is 3.95. The fourth-order valence-corrected chi connectivity index (χ4v) is 6.15. The van der Waals surface area contributed by atoms with Crippen molar-refractivity contribution < 1.29 is 17.7 Å². The van der Waals surface area contributed by atoms with Gasteiger partial charge >= 0.3 is 0 Å². The lowest BCUT2D eigenvalue weighted by atomic mass is 10.1. The zero-order chi connectivity index (χ0) is 28.5. The molecule has 0 spiro atoms. The van der Waals surface area contributed by atoms with E-state index in [9.17, 15) is 13.2 Å². The molecule has 0 unspecified atom stereocenters. The van der Waals surface area contributed by atoms with Gasteiger partial charge in [0.2, 0.25) is 10.0 Å². The Bertz CT molecular complexity index is 1450. The van der Waals surface area contributed by atoms with E-state index in [-0.39, 0.29) is 24.2 Å². The number of nitrogens with zero attached hydrogens (tertiary/aromatic N) is 6. The number of benzene rings is 1. The Balaban J connectivity index is 1.76. The lowest BCUT2D eigenvalue weighted by Gasteiger charge is -2.30. The molecule has 1 aliphatic heterocycles. The van der Waals surface area contributed by atoms with Gasteiger partial charge in [0.25, 0.3) is 5.91 Å². The van der Waals surface area contributed by atoms with Gasteiger partial charge in [-0.2, -0.15) is 5.10 Å². The van der Waals surface area contributed by atoms with Gasteiger partial charge in [-0.3, -0.25) is 18.7 Å². The van der Waals surface area contributed by atoms with Gasteiger partial charge in [0, 0.05) is 55.0 Å². The number of anilines is 1. The molecule has 1 aliphatic rings. The normalized spacial score (nSPS) is 15.9. The molecular weight excluding hydrogens is 540 g/mol. The van der Waals surface area contributed by atoms with E-state index >= 15 is 0 Å². The van der Waals surface area contributed by atoms with Crippen LogP contribution in [0.1, 0.15) is 59.0 Å². The Kier molecular flexibility index (Phi) is 8.72. The predicted molar refractivity (Wildman–Crippen MR) is 152 cm³/mol. The first-order valence-corrected chi connectivity index (χ1v) is 15.3. The number of hydrogen-bond donors (Lipinski definition) is 0. The van der Waals surface area contributed by atoms with Crippen molar-refractivity contribution in [2.24, 2.45) is 0 Å². The number of aromatic nitrogens is 3. The van der Waals surface area contributed by atoms with Crippen LogP contribution < -0.4 is 4.31 Å². The maximum absolute atomic E-state index is 14.1. The van der Waals surface area contributed by atoms with E-state index in [0.29, 0.717) is 66.7 Å². The number of carbonyl (C=O) groups is 1. The highest BCUT2D eigenvalue weighted by molar-refractivity contribution is 7.92. The number of halogens is 1. The van der Waals surface area contributed by atoms with Crippen LogP contribution in [0, 0.1) is 20.8 Å². The highest BCUT2D eigenvalue weighted by Crippen LogP contribution is 2.30. The van der Waals surface area contributed by atoms with Gasteiger partial charge in [-0.25, -0.2) is 8.42 Å². The summed E-state index contributed by atoms with van der Waals surface area (Å²) in [7, 11) is -3.59. The van der Waals surface area contributed by atoms with Crippen molar-refractivity contribution in [1.29, 1.82) is 0 Å². The zero-order valence-electron chi connectivity index (χ0n) is 23.4. The van der Waals surface area contributed by atoms with Crippen LogP contribution in [0.3, 0.4) is 0 Å². The third-order valence-corrected chi connectivity index (χ3v) is 8.57. The Morgan fingerprint density at radius 1 is 1.10 bits per heavy atom. The van der Waals surface area contributed by atoms with E-state index in [2.05, 4.69) is 29.0 Å². The molecule has 4 rings (SSSR count). The Hall–Kier alpha value is -2.89. The van der Waals surface area contributed by atoms with E-state index in [4.69, 9.17) is 16.1 Å². The van der Waals surface area contributed by atoms with Crippen LogP contribution >= 0.6 is 11.6 Å². The van der Waals surface area contributed by atoms with E-state index in [0.717, 1.165) is 11.4 Å². The molecule has 0 atom stereocenters. The minimum Gasteiger partial charge on any atom is -0.361 e. The molecule has 12 heteroatoms. The summed E-state index contributed by atoms with van der Waals surface area (Å²) in [6.45, 7) is 12.5. The first-order valence-electron chi connectivity index (χ1n) is 13.1. The minimum absolute atomic E-state index is 0.189. The molecule has 0 bridgehead atoms. The molecule has 0 saturated carbocycles. The summed E-state index contributed by atoms with van der Waals surface area (Å²) in [4.78, 5) is 18.1. The molecule has 0 aliphatic carbocycles. The summed E-state index contributed by atoms with van der Waals surface area (Å²) in [6, 6.07) is 7.38. The standard InChI is InChI=1S/C27H37ClN6O4S/c1-18(2)31-10-7-11-34(39(6,36)37)25-15-23(28)9-8-22(25)16-32(13-12-31)27(35)26-24(21(5)38-30-26)17-33-20(4)14-19(3)29-33/h8-9,14-15,18H,7,10-13,16-17H2,1-6H3. The molecule has 0 saturated heterocycles. The molecule has 0 N–H and O–H groups in total. The van der Waals surface area contributed by atoms with Crippen molar-refractivity contribution in [3.63, 3.8) is 0 Å². The molecule has 10 nitrogen and oxygen atoms in total. The van der Waals surface area contributed by atoms with Gasteiger partial charge in [0.15, 0.2) is 5.69 Å². The quantitative estimate of drug-likeness (QED) is 0.452. The summed E-state index contributed by atoms with van der Waals surface area (Å²) >= 11 is 6.33. The van der Waals surface area contributed by atoms with Crippen molar-refractivity contribution in [2.75, 3.05) is 36.7 Å². The molecule has 2 aromatic heterocycles. The number of aryl methyl sites for hydroxylation is 3. The molecule has 212 valence electrons. The average Bonchev–Trinajstić information content (AvgIpc) is 3.36. The predicted octanol–water partition coefficient (Wildman–Crippen LogP) is 4.02. The summed E-state index contributed by atoms with van der Waals surface area (Å²) in [6.07, 6.45) is 1.84. The lowest BCUT2D eigenvalue weighted by Crippen LogP contribution is -2.41. The van der Waals surface area contributed by atoms with Crippen LogP contribution in [-0.4, -0.2) is 77.5 Å². The first-order chi connectivity index (χ1) is 18.3. The third-order valence-electron chi connectivity index (χ3n) is 7.16. The van der Waals surface area contributed by atoms with Gasteiger partial charge in [-0.05, 0) is 64.8 Å². The van der Waals surface area contributed by atoms with Gasteiger partial charge in [0.1, 0.15) is 5.76 Å².